The Hall–Kier alpha value is -1.87. The summed E-state index contributed by atoms with van der Waals surface area (Å²) in [6.45, 7) is 5.62. The number of ether oxygens (including phenoxy) is 1. The van der Waals surface area contributed by atoms with Crippen molar-refractivity contribution in [2.45, 2.75) is 26.3 Å². The van der Waals surface area contributed by atoms with E-state index >= 15 is 0 Å². The van der Waals surface area contributed by atoms with Crippen LogP contribution < -0.4 is 10.1 Å². The molecule has 0 aliphatic rings. The van der Waals surface area contributed by atoms with Crippen LogP contribution in [0, 0.1) is 5.82 Å². The molecule has 1 unspecified atom stereocenters. The van der Waals surface area contributed by atoms with Crippen molar-refractivity contribution in [3.63, 3.8) is 0 Å². The van der Waals surface area contributed by atoms with Gasteiger partial charge in [0.15, 0.2) is 0 Å². The van der Waals surface area contributed by atoms with Gasteiger partial charge in [0, 0.05) is 11.6 Å². The molecule has 0 fully saturated rings. The minimum Gasteiger partial charge on any atom is -0.494 e. The Balaban J connectivity index is 1.89. The fourth-order valence-electron chi connectivity index (χ4n) is 2.32. The minimum atomic E-state index is -0.189. The van der Waals surface area contributed by atoms with E-state index in [1.807, 2.05) is 37.3 Å². The van der Waals surface area contributed by atoms with E-state index in [0.717, 1.165) is 24.3 Å². The highest BCUT2D eigenvalue weighted by molar-refractivity contribution is 5.35. The zero-order chi connectivity index (χ0) is 15.1. The number of para-hydroxylation sites is 1. The fraction of sp³-hybridized carbons (Fsp3) is 0.333. The van der Waals surface area contributed by atoms with Crippen molar-refractivity contribution >= 4 is 0 Å². The second-order valence-corrected chi connectivity index (χ2v) is 5.02. The van der Waals surface area contributed by atoms with Crippen LogP contribution in [-0.4, -0.2) is 13.2 Å². The maximum absolute atomic E-state index is 12.8. The normalized spacial score (nSPS) is 12.1. The molecule has 0 radical (unpaired) electrons. The van der Waals surface area contributed by atoms with E-state index in [4.69, 9.17) is 4.74 Å². The van der Waals surface area contributed by atoms with Crippen LogP contribution in [0.2, 0.25) is 0 Å². The topological polar surface area (TPSA) is 21.3 Å². The van der Waals surface area contributed by atoms with Crippen molar-refractivity contribution in [3.05, 3.63) is 65.5 Å². The zero-order valence-corrected chi connectivity index (χ0v) is 12.6. The van der Waals surface area contributed by atoms with Crippen molar-refractivity contribution in [1.29, 1.82) is 0 Å². The molecule has 0 saturated heterocycles. The molecule has 2 aromatic carbocycles. The van der Waals surface area contributed by atoms with Crippen molar-refractivity contribution in [3.8, 4) is 5.75 Å². The Labute approximate surface area is 126 Å². The smallest absolute Gasteiger partial charge is 0.124 e. The van der Waals surface area contributed by atoms with Gasteiger partial charge < -0.3 is 10.1 Å². The van der Waals surface area contributed by atoms with Crippen LogP contribution in [0.3, 0.4) is 0 Å². The van der Waals surface area contributed by atoms with Crippen LogP contribution in [0.25, 0.3) is 0 Å². The molecule has 0 amide bonds. The molecule has 0 heterocycles. The van der Waals surface area contributed by atoms with Crippen molar-refractivity contribution < 1.29 is 9.13 Å². The number of halogens is 1. The maximum Gasteiger partial charge on any atom is 0.124 e. The van der Waals surface area contributed by atoms with E-state index in [1.165, 1.54) is 17.7 Å². The van der Waals surface area contributed by atoms with E-state index in [-0.39, 0.29) is 11.9 Å². The molecule has 0 aliphatic carbocycles. The van der Waals surface area contributed by atoms with E-state index in [9.17, 15) is 4.39 Å². The van der Waals surface area contributed by atoms with E-state index in [2.05, 4.69) is 18.3 Å². The number of hydrogen-bond donors (Lipinski definition) is 1. The first-order valence-corrected chi connectivity index (χ1v) is 7.40. The third-order valence-electron chi connectivity index (χ3n) is 3.46. The largest absolute Gasteiger partial charge is 0.494 e. The van der Waals surface area contributed by atoms with Crippen LogP contribution in [-0.2, 0) is 6.42 Å². The molecular formula is C18H22FNO. The Morgan fingerprint density at radius 2 is 1.81 bits per heavy atom. The SMILES string of the molecule is CCOc1ccccc1C(C)NCCc1ccc(F)cc1. The molecule has 1 atom stereocenters. The molecule has 2 nitrogen and oxygen atoms in total. The van der Waals surface area contributed by atoms with Crippen molar-refractivity contribution in [2.75, 3.05) is 13.2 Å². The van der Waals surface area contributed by atoms with E-state index in [1.54, 1.807) is 0 Å². The molecule has 0 aromatic heterocycles. The first kappa shape index (κ1) is 15.5. The van der Waals surface area contributed by atoms with Gasteiger partial charge in [-0.15, -0.1) is 0 Å². The van der Waals surface area contributed by atoms with Gasteiger partial charge in [0.05, 0.1) is 6.61 Å². The summed E-state index contributed by atoms with van der Waals surface area (Å²) in [6.07, 6.45) is 0.876. The zero-order valence-electron chi connectivity index (χ0n) is 12.6. The molecule has 0 aliphatic heterocycles. The van der Waals surface area contributed by atoms with Gasteiger partial charge in [-0.2, -0.15) is 0 Å². The molecule has 21 heavy (non-hydrogen) atoms. The Morgan fingerprint density at radius 1 is 1.10 bits per heavy atom. The first-order valence-electron chi connectivity index (χ1n) is 7.40. The van der Waals surface area contributed by atoms with E-state index < -0.39 is 0 Å². The molecule has 0 bridgehead atoms. The van der Waals surface area contributed by atoms with Crippen LogP contribution >= 0.6 is 0 Å². The summed E-state index contributed by atoms with van der Waals surface area (Å²) < 4.78 is 18.5. The lowest BCUT2D eigenvalue weighted by Gasteiger charge is -2.18. The molecule has 1 N–H and O–H groups in total. The van der Waals surface area contributed by atoms with Gasteiger partial charge in [-0.25, -0.2) is 4.39 Å². The summed E-state index contributed by atoms with van der Waals surface area (Å²) in [5.74, 6) is 0.743. The van der Waals surface area contributed by atoms with Crippen LogP contribution in [0.5, 0.6) is 5.75 Å². The fourth-order valence-corrected chi connectivity index (χ4v) is 2.32. The molecule has 0 spiro atoms. The van der Waals surface area contributed by atoms with Gasteiger partial charge in [-0.05, 0) is 50.6 Å². The predicted molar refractivity (Wildman–Crippen MR) is 84.1 cm³/mol. The first-order chi connectivity index (χ1) is 10.2. The monoisotopic (exact) mass is 287 g/mol. The minimum absolute atomic E-state index is 0.189. The lowest BCUT2D eigenvalue weighted by Crippen LogP contribution is -2.22. The van der Waals surface area contributed by atoms with Crippen molar-refractivity contribution in [1.82, 2.24) is 5.32 Å². The highest BCUT2D eigenvalue weighted by atomic mass is 19.1. The molecule has 3 heteroatoms. The third-order valence-corrected chi connectivity index (χ3v) is 3.46. The van der Waals surface area contributed by atoms with Crippen LogP contribution in [0.4, 0.5) is 4.39 Å². The summed E-state index contributed by atoms with van der Waals surface area (Å²) in [6, 6.07) is 15.0. The summed E-state index contributed by atoms with van der Waals surface area (Å²) in [5.41, 5.74) is 2.30. The predicted octanol–water partition coefficient (Wildman–Crippen LogP) is 4.12. The summed E-state index contributed by atoms with van der Waals surface area (Å²) in [5, 5.41) is 3.49. The quantitative estimate of drug-likeness (QED) is 0.827. The van der Waals surface area contributed by atoms with Crippen LogP contribution in [0.15, 0.2) is 48.5 Å². The molecule has 2 aromatic rings. The van der Waals surface area contributed by atoms with Gasteiger partial charge in [0.2, 0.25) is 0 Å². The van der Waals surface area contributed by atoms with Gasteiger partial charge in [0.1, 0.15) is 11.6 Å². The average molecular weight is 287 g/mol. The Morgan fingerprint density at radius 3 is 2.52 bits per heavy atom. The van der Waals surface area contributed by atoms with Gasteiger partial charge in [-0.1, -0.05) is 30.3 Å². The van der Waals surface area contributed by atoms with Gasteiger partial charge in [-0.3, -0.25) is 0 Å². The van der Waals surface area contributed by atoms with Crippen LogP contribution in [0.1, 0.15) is 31.0 Å². The number of benzene rings is 2. The Kier molecular flexibility index (Phi) is 5.76. The Bertz CT molecular complexity index is 553. The second-order valence-electron chi connectivity index (χ2n) is 5.02. The molecule has 0 saturated carbocycles. The molecule has 2 rings (SSSR count). The average Bonchev–Trinajstić information content (AvgIpc) is 2.50. The summed E-state index contributed by atoms with van der Waals surface area (Å²) in [4.78, 5) is 0. The summed E-state index contributed by atoms with van der Waals surface area (Å²) in [7, 11) is 0. The standard InChI is InChI=1S/C18H22FNO/c1-3-21-18-7-5-4-6-17(18)14(2)20-13-12-15-8-10-16(19)11-9-15/h4-11,14,20H,3,12-13H2,1-2H3. The van der Waals surface area contributed by atoms with Gasteiger partial charge >= 0.3 is 0 Å². The maximum atomic E-state index is 12.8. The number of hydrogen-bond acceptors (Lipinski definition) is 2. The highest BCUT2D eigenvalue weighted by Gasteiger charge is 2.10. The second kappa shape index (κ2) is 7.79. The number of rotatable bonds is 7. The lowest BCUT2D eigenvalue weighted by molar-refractivity contribution is 0.332. The molecular weight excluding hydrogens is 265 g/mol. The molecule has 112 valence electrons. The summed E-state index contributed by atoms with van der Waals surface area (Å²) >= 11 is 0. The van der Waals surface area contributed by atoms with Gasteiger partial charge in [0.25, 0.3) is 0 Å². The third kappa shape index (κ3) is 4.57. The number of nitrogens with one attached hydrogen (secondary N) is 1. The van der Waals surface area contributed by atoms with Crippen molar-refractivity contribution in [2.24, 2.45) is 0 Å². The van der Waals surface area contributed by atoms with E-state index in [0.29, 0.717) is 6.61 Å². The lowest BCUT2D eigenvalue weighted by atomic mass is 10.1. The highest BCUT2D eigenvalue weighted by Crippen LogP contribution is 2.24.